The number of hydrogen-bond donors (Lipinski definition) is 1. The van der Waals surface area contributed by atoms with E-state index in [4.69, 9.17) is 17.3 Å². The zero-order valence-corrected chi connectivity index (χ0v) is 11.4. The molecule has 0 saturated heterocycles. The number of unbranched alkanes of at least 4 members (excludes halogenated alkanes) is 1. The SMILES string of the molecule is NC(=O)CCCCn1c(CCCl)nc2cnccc21. The summed E-state index contributed by atoms with van der Waals surface area (Å²) < 4.78 is 2.15. The zero-order valence-electron chi connectivity index (χ0n) is 10.7. The largest absolute Gasteiger partial charge is 0.370 e. The molecule has 0 spiro atoms. The molecule has 0 unspecified atom stereocenters. The summed E-state index contributed by atoms with van der Waals surface area (Å²) in [5, 5.41) is 0. The average molecular weight is 281 g/mol. The van der Waals surface area contributed by atoms with Gasteiger partial charge in [-0.2, -0.15) is 0 Å². The molecule has 2 N–H and O–H groups in total. The number of amides is 1. The molecule has 2 rings (SSSR count). The Morgan fingerprint density at radius 1 is 1.42 bits per heavy atom. The van der Waals surface area contributed by atoms with Crippen LogP contribution in [0.1, 0.15) is 25.1 Å². The van der Waals surface area contributed by atoms with Crippen LogP contribution in [0.4, 0.5) is 0 Å². The molecule has 102 valence electrons. The highest BCUT2D eigenvalue weighted by molar-refractivity contribution is 6.17. The minimum Gasteiger partial charge on any atom is -0.370 e. The molecule has 1 amide bonds. The van der Waals surface area contributed by atoms with Crippen molar-refractivity contribution in [1.82, 2.24) is 14.5 Å². The van der Waals surface area contributed by atoms with Gasteiger partial charge >= 0.3 is 0 Å². The topological polar surface area (TPSA) is 73.8 Å². The monoisotopic (exact) mass is 280 g/mol. The molecule has 0 radical (unpaired) electrons. The van der Waals surface area contributed by atoms with Crippen molar-refractivity contribution >= 4 is 28.5 Å². The van der Waals surface area contributed by atoms with Gasteiger partial charge in [-0.1, -0.05) is 0 Å². The Bertz CT molecular complexity index is 567. The molecular weight excluding hydrogens is 264 g/mol. The molecule has 0 saturated carbocycles. The Labute approximate surface area is 116 Å². The molecule has 2 aromatic heterocycles. The van der Waals surface area contributed by atoms with Crippen LogP contribution in [-0.2, 0) is 17.8 Å². The molecule has 2 heterocycles. The van der Waals surface area contributed by atoms with Crippen molar-refractivity contribution in [2.75, 3.05) is 5.88 Å². The number of carbonyl (C=O) groups excluding carboxylic acids is 1. The number of imidazole rings is 1. The van der Waals surface area contributed by atoms with Crippen molar-refractivity contribution in [1.29, 1.82) is 0 Å². The molecule has 6 heteroatoms. The number of primary amides is 1. The quantitative estimate of drug-likeness (QED) is 0.621. The first-order valence-electron chi connectivity index (χ1n) is 6.35. The van der Waals surface area contributed by atoms with E-state index < -0.39 is 0 Å². The van der Waals surface area contributed by atoms with Gasteiger partial charge in [0.2, 0.25) is 5.91 Å². The number of hydrogen-bond acceptors (Lipinski definition) is 3. The van der Waals surface area contributed by atoms with E-state index in [1.165, 1.54) is 0 Å². The van der Waals surface area contributed by atoms with Crippen LogP contribution in [0.3, 0.4) is 0 Å². The highest BCUT2D eigenvalue weighted by Gasteiger charge is 2.09. The van der Waals surface area contributed by atoms with Crippen LogP contribution in [0.5, 0.6) is 0 Å². The highest BCUT2D eigenvalue weighted by Crippen LogP contribution is 2.17. The summed E-state index contributed by atoms with van der Waals surface area (Å²) in [6, 6.07) is 1.95. The molecule has 0 atom stereocenters. The molecular formula is C13H17ClN4O. The van der Waals surface area contributed by atoms with Gasteiger partial charge in [0.25, 0.3) is 0 Å². The summed E-state index contributed by atoms with van der Waals surface area (Å²) in [5.41, 5.74) is 7.09. The fourth-order valence-electron chi connectivity index (χ4n) is 2.13. The second-order valence-electron chi connectivity index (χ2n) is 4.41. The third-order valence-corrected chi connectivity index (χ3v) is 3.19. The average Bonchev–Trinajstić information content (AvgIpc) is 2.73. The predicted octanol–water partition coefficient (Wildman–Crippen LogP) is 1.87. The fourth-order valence-corrected chi connectivity index (χ4v) is 2.29. The van der Waals surface area contributed by atoms with Gasteiger partial charge in [0.15, 0.2) is 0 Å². The second-order valence-corrected chi connectivity index (χ2v) is 4.78. The first kappa shape index (κ1) is 13.8. The minimum atomic E-state index is -0.249. The first-order valence-corrected chi connectivity index (χ1v) is 6.89. The van der Waals surface area contributed by atoms with Crippen LogP contribution in [-0.4, -0.2) is 26.3 Å². The third kappa shape index (κ3) is 3.44. The van der Waals surface area contributed by atoms with Crippen LogP contribution < -0.4 is 5.73 Å². The summed E-state index contributed by atoms with van der Waals surface area (Å²) in [6.45, 7) is 0.819. The van der Waals surface area contributed by atoms with E-state index in [9.17, 15) is 4.79 Å². The Morgan fingerprint density at radius 3 is 3.00 bits per heavy atom. The smallest absolute Gasteiger partial charge is 0.217 e. The summed E-state index contributed by atoms with van der Waals surface area (Å²) in [4.78, 5) is 19.3. The van der Waals surface area contributed by atoms with Crippen LogP contribution in [0.25, 0.3) is 11.0 Å². The lowest BCUT2D eigenvalue weighted by atomic mass is 10.2. The number of halogens is 1. The molecule has 0 aliphatic heterocycles. The van der Waals surface area contributed by atoms with E-state index in [0.717, 1.165) is 42.7 Å². The molecule has 2 aromatic rings. The standard InChI is InChI=1S/C13H17ClN4O/c14-6-4-13-17-10-9-16-7-5-11(10)18(13)8-2-1-3-12(15)19/h5,7,9H,1-4,6,8H2,(H2,15,19). The lowest BCUT2D eigenvalue weighted by molar-refractivity contribution is -0.118. The number of fused-ring (bicyclic) bond motifs is 1. The number of carbonyl (C=O) groups is 1. The predicted molar refractivity (Wildman–Crippen MR) is 75.0 cm³/mol. The number of rotatable bonds is 7. The Balaban J connectivity index is 2.14. The van der Waals surface area contributed by atoms with Crippen LogP contribution >= 0.6 is 11.6 Å². The van der Waals surface area contributed by atoms with Gasteiger partial charge in [0.1, 0.15) is 11.3 Å². The molecule has 0 aliphatic rings. The Morgan fingerprint density at radius 2 is 2.26 bits per heavy atom. The van der Waals surface area contributed by atoms with E-state index in [-0.39, 0.29) is 5.91 Å². The van der Waals surface area contributed by atoms with Crippen molar-refractivity contribution in [2.24, 2.45) is 5.73 Å². The maximum Gasteiger partial charge on any atom is 0.217 e. The van der Waals surface area contributed by atoms with Gasteiger partial charge in [-0.3, -0.25) is 9.78 Å². The van der Waals surface area contributed by atoms with Crippen molar-refractivity contribution in [3.63, 3.8) is 0 Å². The number of pyridine rings is 1. The Kier molecular flexibility index (Phi) is 4.74. The minimum absolute atomic E-state index is 0.249. The second kappa shape index (κ2) is 6.52. The normalized spacial score (nSPS) is 11.0. The number of aryl methyl sites for hydroxylation is 2. The lowest BCUT2D eigenvalue weighted by Gasteiger charge is -2.07. The van der Waals surface area contributed by atoms with Gasteiger partial charge in [-0.15, -0.1) is 11.6 Å². The molecule has 0 fully saturated rings. The van der Waals surface area contributed by atoms with E-state index in [0.29, 0.717) is 12.3 Å². The van der Waals surface area contributed by atoms with Crippen LogP contribution in [0.15, 0.2) is 18.5 Å². The number of aromatic nitrogens is 3. The van der Waals surface area contributed by atoms with Crippen LogP contribution in [0, 0.1) is 0 Å². The molecule has 19 heavy (non-hydrogen) atoms. The van der Waals surface area contributed by atoms with Crippen molar-refractivity contribution in [3.05, 3.63) is 24.3 Å². The fraction of sp³-hybridized carbons (Fsp3) is 0.462. The summed E-state index contributed by atoms with van der Waals surface area (Å²) in [7, 11) is 0. The molecule has 0 bridgehead atoms. The Hall–Kier alpha value is -1.62. The lowest BCUT2D eigenvalue weighted by Crippen LogP contribution is -2.11. The third-order valence-electron chi connectivity index (χ3n) is 3.00. The van der Waals surface area contributed by atoms with Gasteiger partial charge in [-0.25, -0.2) is 4.98 Å². The number of nitrogens with zero attached hydrogens (tertiary/aromatic N) is 3. The van der Waals surface area contributed by atoms with E-state index in [1.54, 1.807) is 12.4 Å². The first-order chi connectivity index (χ1) is 9.22. The maximum absolute atomic E-state index is 10.7. The van der Waals surface area contributed by atoms with Gasteiger partial charge in [-0.05, 0) is 18.9 Å². The van der Waals surface area contributed by atoms with E-state index in [2.05, 4.69) is 14.5 Å². The highest BCUT2D eigenvalue weighted by atomic mass is 35.5. The van der Waals surface area contributed by atoms with Gasteiger partial charge < -0.3 is 10.3 Å². The van der Waals surface area contributed by atoms with Crippen molar-refractivity contribution in [2.45, 2.75) is 32.2 Å². The van der Waals surface area contributed by atoms with E-state index in [1.807, 2.05) is 6.07 Å². The zero-order chi connectivity index (χ0) is 13.7. The molecule has 0 aromatic carbocycles. The van der Waals surface area contributed by atoms with Crippen LogP contribution in [0.2, 0.25) is 0 Å². The maximum atomic E-state index is 10.7. The van der Waals surface area contributed by atoms with Gasteiger partial charge in [0, 0.05) is 31.5 Å². The summed E-state index contributed by atoms with van der Waals surface area (Å²) in [5.74, 6) is 1.26. The number of alkyl halides is 1. The van der Waals surface area contributed by atoms with Crippen molar-refractivity contribution in [3.8, 4) is 0 Å². The molecule has 0 aliphatic carbocycles. The molecule has 5 nitrogen and oxygen atoms in total. The number of nitrogens with two attached hydrogens (primary N) is 1. The van der Waals surface area contributed by atoms with Gasteiger partial charge in [0.05, 0.1) is 11.7 Å². The summed E-state index contributed by atoms with van der Waals surface area (Å²) >= 11 is 5.81. The van der Waals surface area contributed by atoms with E-state index >= 15 is 0 Å². The summed E-state index contributed by atoms with van der Waals surface area (Å²) in [6.07, 6.45) is 6.36. The van der Waals surface area contributed by atoms with Crippen molar-refractivity contribution < 1.29 is 4.79 Å².